The molecule has 1 N–H and O–H groups in total. The van der Waals surface area contributed by atoms with E-state index in [0.717, 1.165) is 6.42 Å². The number of amides is 1. The van der Waals surface area contributed by atoms with Crippen LogP contribution in [0.5, 0.6) is 5.75 Å². The third-order valence-corrected chi connectivity index (χ3v) is 7.42. The topological polar surface area (TPSA) is 115 Å². The number of nitrogens with zero attached hydrogens (tertiary/aromatic N) is 3. The summed E-state index contributed by atoms with van der Waals surface area (Å²) in [6.45, 7) is 5.12. The molecule has 0 radical (unpaired) electrons. The third kappa shape index (κ3) is 5.07. The number of sulfonamides is 1. The Morgan fingerprint density at radius 2 is 1.67 bits per heavy atom. The number of benzene rings is 2. The fourth-order valence-electron chi connectivity index (χ4n) is 4.02. The van der Waals surface area contributed by atoms with Crippen LogP contribution >= 0.6 is 0 Å². The number of piperidine rings is 1. The predicted octanol–water partition coefficient (Wildman–Crippen LogP) is 3.66. The van der Waals surface area contributed by atoms with E-state index in [1.54, 1.807) is 31.4 Å². The molecule has 174 valence electrons. The molecule has 2 atom stereocenters. The number of methoxy groups -OCH3 is 1. The van der Waals surface area contributed by atoms with Crippen molar-refractivity contribution in [2.45, 2.75) is 25.2 Å². The largest absolute Gasteiger partial charge is 0.497 e. The number of carbonyl (C=O) groups is 1. The van der Waals surface area contributed by atoms with E-state index in [1.165, 1.54) is 28.6 Å². The van der Waals surface area contributed by atoms with Crippen molar-refractivity contribution in [3.05, 3.63) is 54.1 Å². The van der Waals surface area contributed by atoms with Crippen molar-refractivity contribution in [1.82, 2.24) is 14.5 Å². The molecule has 2 aromatic carbocycles. The van der Waals surface area contributed by atoms with Gasteiger partial charge in [-0.3, -0.25) is 10.1 Å². The maximum atomic E-state index is 13.0. The summed E-state index contributed by atoms with van der Waals surface area (Å²) in [5.41, 5.74) is 0.957. The Bertz CT molecular complexity index is 1210. The van der Waals surface area contributed by atoms with Gasteiger partial charge in [-0.2, -0.15) is 4.31 Å². The van der Waals surface area contributed by atoms with Crippen molar-refractivity contribution in [3.8, 4) is 17.2 Å². The van der Waals surface area contributed by atoms with Crippen LogP contribution < -0.4 is 10.1 Å². The Kier molecular flexibility index (Phi) is 6.48. The smallest absolute Gasteiger partial charge is 0.322 e. The molecule has 0 spiro atoms. The van der Waals surface area contributed by atoms with Crippen molar-refractivity contribution in [1.29, 1.82) is 0 Å². The van der Waals surface area contributed by atoms with Gasteiger partial charge >= 0.3 is 6.01 Å². The standard InChI is InChI=1S/C23H26N4O5S/c1-15-12-16(2)14-27(13-15)33(29,30)20-10-6-17(7-11-20)21(28)24-23-26-25-22(32-23)18-4-8-19(31-3)9-5-18/h4-11,15-16H,12-14H2,1-3H3,(H,24,26,28)/t15-,16-/m0/s1. The second-order valence-corrected chi connectivity index (χ2v) is 10.3. The highest BCUT2D eigenvalue weighted by atomic mass is 32.2. The fourth-order valence-corrected chi connectivity index (χ4v) is 5.70. The minimum absolute atomic E-state index is 0.0567. The van der Waals surface area contributed by atoms with Gasteiger partial charge in [0.25, 0.3) is 5.91 Å². The van der Waals surface area contributed by atoms with Gasteiger partial charge in [0.1, 0.15) is 5.75 Å². The number of hydrogen-bond acceptors (Lipinski definition) is 7. The van der Waals surface area contributed by atoms with Crippen LogP contribution in [0.3, 0.4) is 0 Å². The quantitative estimate of drug-likeness (QED) is 0.585. The van der Waals surface area contributed by atoms with Gasteiger partial charge in [0.15, 0.2) is 0 Å². The van der Waals surface area contributed by atoms with Crippen LogP contribution in [0.1, 0.15) is 30.6 Å². The van der Waals surface area contributed by atoms with Crippen LogP contribution in [-0.4, -0.2) is 49.0 Å². The maximum absolute atomic E-state index is 13.0. The van der Waals surface area contributed by atoms with Gasteiger partial charge < -0.3 is 9.15 Å². The van der Waals surface area contributed by atoms with E-state index in [9.17, 15) is 13.2 Å². The summed E-state index contributed by atoms with van der Waals surface area (Å²) in [5, 5.41) is 10.3. The Morgan fingerprint density at radius 1 is 1.03 bits per heavy atom. The monoisotopic (exact) mass is 470 g/mol. The Balaban J connectivity index is 1.44. The summed E-state index contributed by atoms with van der Waals surface area (Å²) in [4.78, 5) is 12.7. The number of aromatic nitrogens is 2. The number of ether oxygens (including phenoxy) is 1. The van der Waals surface area contributed by atoms with Gasteiger partial charge in [0.05, 0.1) is 12.0 Å². The lowest BCUT2D eigenvalue weighted by Gasteiger charge is -2.34. The molecule has 0 aliphatic carbocycles. The lowest BCUT2D eigenvalue weighted by molar-refractivity contribution is 0.102. The number of nitrogens with one attached hydrogen (secondary N) is 1. The Hall–Kier alpha value is -3.24. The SMILES string of the molecule is COc1ccc(-c2nnc(NC(=O)c3ccc(S(=O)(=O)N4C[C@@H](C)C[C@H](C)C4)cc3)o2)cc1. The molecule has 2 heterocycles. The van der Waals surface area contributed by atoms with Gasteiger partial charge in [-0.25, -0.2) is 8.42 Å². The number of hydrogen-bond donors (Lipinski definition) is 1. The predicted molar refractivity (Wildman–Crippen MR) is 122 cm³/mol. The Labute approximate surface area is 192 Å². The van der Waals surface area contributed by atoms with Crippen molar-refractivity contribution >= 4 is 21.9 Å². The first-order valence-corrected chi connectivity index (χ1v) is 12.1. The van der Waals surface area contributed by atoms with E-state index in [0.29, 0.717) is 36.2 Å². The van der Waals surface area contributed by atoms with Crippen molar-refractivity contribution < 1.29 is 22.4 Å². The molecule has 1 saturated heterocycles. The first-order chi connectivity index (χ1) is 15.8. The zero-order valence-corrected chi connectivity index (χ0v) is 19.5. The van der Waals surface area contributed by atoms with E-state index >= 15 is 0 Å². The van der Waals surface area contributed by atoms with Crippen LogP contribution in [0, 0.1) is 11.8 Å². The van der Waals surface area contributed by atoms with Crippen LogP contribution in [0.25, 0.3) is 11.5 Å². The van der Waals surface area contributed by atoms with Crippen LogP contribution in [-0.2, 0) is 10.0 Å². The molecule has 1 aliphatic rings. The van der Waals surface area contributed by atoms with Crippen LogP contribution in [0.4, 0.5) is 6.01 Å². The molecule has 0 unspecified atom stereocenters. The lowest BCUT2D eigenvalue weighted by atomic mass is 9.94. The highest BCUT2D eigenvalue weighted by Crippen LogP contribution is 2.27. The summed E-state index contributed by atoms with van der Waals surface area (Å²) >= 11 is 0. The first kappa shape index (κ1) is 22.9. The molecule has 0 saturated carbocycles. The summed E-state index contributed by atoms with van der Waals surface area (Å²) in [5.74, 6) is 1.08. The van der Waals surface area contributed by atoms with E-state index in [-0.39, 0.29) is 22.4 Å². The van der Waals surface area contributed by atoms with Crippen molar-refractivity contribution in [3.63, 3.8) is 0 Å². The normalized spacial score (nSPS) is 19.2. The Morgan fingerprint density at radius 3 is 2.27 bits per heavy atom. The molecular formula is C23H26N4O5S. The average molecular weight is 471 g/mol. The highest BCUT2D eigenvalue weighted by molar-refractivity contribution is 7.89. The van der Waals surface area contributed by atoms with Crippen LogP contribution in [0.2, 0.25) is 0 Å². The molecule has 3 aromatic rings. The first-order valence-electron chi connectivity index (χ1n) is 10.7. The molecular weight excluding hydrogens is 444 g/mol. The van der Waals surface area contributed by atoms with Crippen molar-refractivity contribution in [2.75, 3.05) is 25.5 Å². The lowest BCUT2D eigenvalue weighted by Crippen LogP contribution is -2.42. The van der Waals surface area contributed by atoms with Crippen molar-refractivity contribution in [2.24, 2.45) is 11.8 Å². The number of rotatable bonds is 6. The molecule has 1 amide bonds. The molecule has 1 aliphatic heterocycles. The minimum Gasteiger partial charge on any atom is -0.497 e. The molecule has 10 heteroatoms. The van der Waals surface area contributed by atoms with Gasteiger partial charge in [-0.1, -0.05) is 18.9 Å². The molecule has 0 bridgehead atoms. The molecule has 33 heavy (non-hydrogen) atoms. The average Bonchev–Trinajstić information content (AvgIpc) is 3.27. The molecule has 1 aromatic heterocycles. The summed E-state index contributed by atoms with van der Waals surface area (Å²) in [7, 11) is -2.03. The summed E-state index contributed by atoms with van der Waals surface area (Å²) in [6, 6.07) is 12.8. The van der Waals surface area contributed by atoms with E-state index in [4.69, 9.17) is 9.15 Å². The zero-order chi connectivity index (χ0) is 23.6. The van der Waals surface area contributed by atoms with Gasteiger partial charge in [0, 0.05) is 24.2 Å². The van der Waals surface area contributed by atoms with Gasteiger partial charge in [-0.15, -0.1) is 5.10 Å². The molecule has 9 nitrogen and oxygen atoms in total. The number of carbonyl (C=O) groups excluding carboxylic acids is 1. The van der Waals surface area contributed by atoms with Gasteiger partial charge in [-0.05, 0) is 66.8 Å². The highest BCUT2D eigenvalue weighted by Gasteiger charge is 2.31. The molecule has 4 rings (SSSR count). The van der Waals surface area contributed by atoms with E-state index in [1.807, 2.05) is 0 Å². The second-order valence-electron chi connectivity index (χ2n) is 8.39. The van der Waals surface area contributed by atoms with E-state index in [2.05, 4.69) is 29.4 Å². The number of anilines is 1. The maximum Gasteiger partial charge on any atom is 0.322 e. The van der Waals surface area contributed by atoms with Gasteiger partial charge in [0.2, 0.25) is 15.9 Å². The molecule has 1 fully saturated rings. The fraction of sp³-hybridized carbons (Fsp3) is 0.348. The van der Waals surface area contributed by atoms with E-state index < -0.39 is 15.9 Å². The third-order valence-electron chi connectivity index (χ3n) is 5.57. The zero-order valence-electron chi connectivity index (χ0n) is 18.7. The van der Waals surface area contributed by atoms with Crippen LogP contribution in [0.15, 0.2) is 57.8 Å². The summed E-state index contributed by atoms with van der Waals surface area (Å²) in [6.07, 6.45) is 1.01. The summed E-state index contributed by atoms with van der Waals surface area (Å²) < 4.78 is 38.2. The second kappa shape index (κ2) is 9.32. The minimum atomic E-state index is -3.61.